The molecule has 0 aromatic heterocycles. The van der Waals surface area contributed by atoms with Crippen LogP contribution in [0.2, 0.25) is 0 Å². The fraction of sp³-hybridized carbons (Fsp3) is 0.308. The van der Waals surface area contributed by atoms with Crippen LogP contribution < -0.4 is 10.1 Å². The monoisotopic (exact) mass is 251 g/mol. The minimum absolute atomic E-state index is 0.00540. The van der Waals surface area contributed by atoms with Crippen LogP contribution >= 0.6 is 11.6 Å². The van der Waals surface area contributed by atoms with E-state index in [0.29, 0.717) is 19.0 Å². The standard InChI is InChI=1S/C13H14ClNO2/c14-7-3-4-8-15-13(16)11-9-17-12-6-2-1-5-10(11)12/h1-6,11H,7-9H2,(H,15,16)/b4-3+. The van der Waals surface area contributed by atoms with Gasteiger partial charge in [0.1, 0.15) is 18.3 Å². The first-order valence-corrected chi connectivity index (χ1v) is 6.07. The van der Waals surface area contributed by atoms with Crippen molar-refractivity contribution in [1.82, 2.24) is 5.32 Å². The number of fused-ring (bicyclic) bond motifs is 1. The van der Waals surface area contributed by atoms with Gasteiger partial charge in [-0.2, -0.15) is 0 Å². The first-order valence-electron chi connectivity index (χ1n) is 5.53. The highest BCUT2D eigenvalue weighted by Gasteiger charge is 2.29. The van der Waals surface area contributed by atoms with Crippen LogP contribution in [-0.2, 0) is 4.79 Å². The van der Waals surface area contributed by atoms with Crippen molar-refractivity contribution in [2.24, 2.45) is 0 Å². The van der Waals surface area contributed by atoms with Crippen LogP contribution in [0.1, 0.15) is 11.5 Å². The second-order valence-electron chi connectivity index (χ2n) is 3.77. The third-order valence-corrected chi connectivity index (χ3v) is 2.84. The van der Waals surface area contributed by atoms with Crippen molar-refractivity contribution in [2.45, 2.75) is 5.92 Å². The smallest absolute Gasteiger partial charge is 0.231 e. The summed E-state index contributed by atoms with van der Waals surface area (Å²) in [5.74, 6) is 1.07. The van der Waals surface area contributed by atoms with E-state index in [1.54, 1.807) is 6.08 Å². The van der Waals surface area contributed by atoms with Crippen LogP contribution in [-0.4, -0.2) is 24.9 Å². The number of rotatable bonds is 4. The Morgan fingerprint density at radius 2 is 2.29 bits per heavy atom. The summed E-state index contributed by atoms with van der Waals surface area (Å²) in [5.41, 5.74) is 0.964. The molecule has 0 spiro atoms. The molecule has 1 atom stereocenters. The summed E-state index contributed by atoms with van der Waals surface area (Å²) in [4.78, 5) is 11.9. The van der Waals surface area contributed by atoms with Crippen molar-refractivity contribution in [3.63, 3.8) is 0 Å². The van der Waals surface area contributed by atoms with E-state index < -0.39 is 0 Å². The summed E-state index contributed by atoms with van der Waals surface area (Å²) in [5, 5.41) is 2.84. The number of para-hydroxylation sites is 1. The lowest BCUT2D eigenvalue weighted by Gasteiger charge is -2.08. The predicted molar refractivity (Wildman–Crippen MR) is 67.5 cm³/mol. The lowest BCUT2D eigenvalue weighted by molar-refractivity contribution is -0.122. The molecule has 2 rings (SSSR count). The number of alkyl halides is 1. The van der Waals surface area contributed by atoms with Gasteiger partial charge >= 0.3 is 0 Å². The summed E-state index contributed by atoms with van der Waals surface area (Å²) < 4.78 is 5.46. The molecule has 0 saturated carbocycles. The molecule has 0 bridgehead atoms. The quantitative estimate of drug-likeness (QED) is 0.657. The molecule has 1 heterocycles. The van der Waals surface area contributed by atoms with Crippen LogP contribution in [0.25, 0.3) is 0 Å². The van der Waals surface area contributed by atoms with Gasteiger partial charge in [-0.15, -0.1) is 11.6 Å². The molecule has 1 N–H and O–H groups in total. The van der Waals surface area contributed by atoms with Crippen molar-refractivity contribution in [2.75, 3.05) is 19.0 Å². The molecule has 0 aliphatic carbocycles. The van der Waals surface area contributed by atoms with Crippen molar-refractivity contribution in [3.8, 4) is 5.75 Å². The number of hydrogen-bond donors (Lipinski definition) is 1. The van der Waals surface area contributed by atoms with E-state index in [0.717, 1.165) is 11.3 Å². The van der Waals surface area contributed by atoms with E-state index in [4.69, 9.17) is 16.3 Å². The molecule has 0 saturated heterocycles. The van der Waals surface area contributed by atoms with Crippen LogP contribution in [0.4, 0.5) is 0 Å². The number of amides is 1. The Hall–Kier alpha value is -1.48. The fourth-order valence-corrected chi connectivity index (χ4v) is 1.93. The molecule has 4 heteroatoms. The van der Waals surface area contributed by atoms with Gasteiger partial charge in [-0.3, -0.25) is 4.79 Å². The van der Waals surface area contributed by atoms with Crippen molar-refractivity contribution >= 4 is 17.5 Å². The SMILES string of the molecule is O=C(NC/C=C/CCl)C1COc2ccccc21. The molecule has 1 amide bonds. The van der Waals surface area contributed by atoms with E-state index in [9.17, 15) is 4.79 Å². The average Bonchev–Trinajstić information content (AvgIpc) is 2.78. The normalized spacial score (nSPS) is 17.8. The Bertz CT molecular complexity index is 431. The number of ether oxygens (including phenoxy) is 1. The summed E-state index contributed by atoms with van der Waals surface area (Å²) in [6.45, 7) is 0.925. The Kier molecular flexibility index (Phi) is 4.04. The highest BCUT2D eigenvalue weighted by atomic mass is 35.5. The maximum absolute atomic E-state index is 11.9. The van der Waals surface area contributed by atoms with E-state index >= 15 is 0 Å². The van der Waals surface area contributed by atoms with Gasteiger partial charge in [0.05, 0.1) is 0 Å². The Morgan fingerprint density at radius 3 is 3.12 bits per heavy atom. The number of hydrogen-bond acceptors (Lipinski definition) is 2. The van der Waals surface area contributed by atoms with Crippen LogP contribution in [0.5, 0.6) is 5.75 Å². The minimum atomic E-state index is -0.199. The molecule has 1 aliphatic rings. The Balaban J connectivity index is 1.96. The molecule has 1 aromatic carbocycles. The van der Waals surface area contributed by atoms with Crippen LogP contribution in [0.3, 0.4) is 0 Å². The lowest BCUT2D eigenvalue weighted by Crippen LogP contribution is -2.30. The van der Waals surface area contributed by atoms with Crippen LogP contribution in [0.15, 0.2) is 36.4 Å². The third kappa shape index (κ3) is 2.80. The summed E-state index contributed by atoms with van der Waals surface area (Å²) in [7, 11) is 0. The summed E-state index contributed by atoms with van der Waals surface area (Å²) in [6, 6.07) is 7.64. The largest absolute Gasteiger partial charge is 0.492 e. The second-order valence-corrected chi connectivity index (χ2v) is 4.08. The zero-order chi connectivity index (χ0) is 12.1. The average molecular weight is 252 g/mol. The number of benzene rings is 1. The second kappa shape index (κ2) is 5.73. The van der Waals surface area contributed by atoms with E-state index in [1.807, 2.05) is 30.3 Å². The summed E-state index contributed by atoms with van der Waals surface area (Å²) >= 11 is 5.49. The highest BCUT2D eigenvalue weighted by Crippen LogP contribution is 2.33. The zero-order valence-electron chi connectivity index (χ0n) is 9.36. The molecule has 0 radical (unpaired) electrons. The molecular formula is C13H14ClNO2. The van der Waals surface area contributed by atoms with Gasteiger partial charge in [0.15, 0.2) is 0 Å². The number of carbonyl (C=O) groups is 1. The topological polar surface area (TPSA) is 38.3 Å². The van der Waals surface area contributed by atoms with Gasteiger partial charge in [0.2, 0.25) is 5.91 Å². The Morgan fingerprint density at radius 1 is 1.47 bits per heavy atom. The molecule has 1 aliphatic heterocycles. The fourth-order valence-electron chi connectivity index (χ4n) is 1.81. The summed E-state index contributed by atoms with van der Waals surface area (Å²) in [6.07, 6.45) is 3.65. The van der Waals surface area contributed by atoms with E-state index in [2.05, 4.69) is 5.32 Å². The molecule has 0 fully saturated rings. The van der Waals surface area contributed by atoms with Gasteiger partial charge in [0.25, 0.3) is 0 Å². The zero-order valence-corrected chi connectivity index (χ0v) is 10.1. The highest BCUT2D eigenvalue weighted by molar-refractivity contribution is 6.18. The molecular weight excluding hydrogens is 238 g/mol. The van der Waals surface area contributed by atoms with E-state index in [-0.39, 0.29) is 11.8 Å². The van der Waals surface area contributed by atoms with Crippen molar-refractivity contribution in [1.29, 1.82) is 0 Å². The first kappa shape index (κ1) is 12.0. The van der Waals surface area contributed by atoms with Gasteiger partial charge in [-0.05, 0) is 6.07 Å². The Labute approximate surface area is 105 Å². The molecule has 17 heavy (non-hydrogen) atoms. The van der Waals surface area contributed by atoms with Gasteiger partial charge < -0.3 is 10.1 Å². The van der Waals surface area contributed by atoms with Crippen molar-refractivity contribution in [3.05, 3.63) is 42.0 Å². The lowest BCUT2D eigenvalue weighted by atomic mass is 10.0. The predicted octanol–water partition coefficient (Wildman–Crippen LogP) is 2.07. The first-order chi connectivity index (χ1) is 8.33. The van der Waals surface area contributed by atoms with Gasteiger partial charge in [-0.1, -0.05) is 30.4 Å². The van der Waals surface area contributed by atoms with Gasteiger partial charge in [0, 0.05) is 18.0 Å². The number of halogens is 1. The molecule has 90 valence electrons. The molecule has 1 unspecified atom stereocenters. The third-order valence-electron chi connectivity index (χ3n) is 2.67. The van der Waals surface area contributed by atoms with Gasteiger partial charge in [-0.25, -0.2) is 0 Å². The molecule has 1 aromatic rings. The van der Waals surface area contributed by atoms with Crippen molar-refractivity contribution < 1.29 is 9.53 Å². The van der Waals surface area contributed by atoms with E-state index in [1.165, 1.54) is 0 Å². The number of carbonyl (C=O) groups excluding carboxylic acids is 1. The molecule has 3 nitrogen and oxygen atoms in total. The maximum Gasteiger partial charge on any atom is 0.231 e. The number of nitrogens with one attached hydrogen (secondary N) is 1. The minimum Gasteiger partial charge on any atom is -0.492 e. The number of allylic oxidation sites excluding steroid dienone is 1. The van der Waals surface area contributed by atoms with Crippen LogP contribution in [0, 0.1) is 0 Å². The maximum atomic E-state index is 11.9.